The van der Waals surface area contributed by atoms with Gasteiger partial charge in [0.05, 0.1) is 19.1 Å². The quantitative estimate of drug-likeness (QED) is 0.905. The number of hydrogen-bond acceptors (Lipinski definition) is 3. The molecule has 1 N–H and O–H groups in total. The van der Waals surface area contributed by atoms with Crippen molar-refractivity contribution >= 4 is 11.9 Å². The van der Waals surface area contributed by atoms with Gasteiger partial charge in [-0.2, -0.15) is 0 Å². The summed E-state index contributed by atoms with van der Waals surface area (Å²) >= 11 is 0. The van der Waals surface area contributed by atoms with E-state index >= 15 is 0 Å². The van der Waals surface area contributed by atoms with E-state index in [4.69, 9.17) is 9.84 Å². The van der Waals surface area contributed by atoms with Gasteiger partial charge in [-0.1, -0.05) is 37.3 Å². The van der Waals surface area contributed by atoms with Gasteiger partial charge in [0.15, 0.2) is 6.10 Å². The third-order valence-electron chi connectivity index (χ3n) is 3.56. The first-order valence-electron chi connectivity index (χ1n) is 6.81. The van der Waals surface area contributed by atoms with Gasteiger partial charge in [0, 0.05) is 6.54 Å². The Balaban J connectivity index is 2.11. The van der Waals surface area contributed by atoms with Gasteiger partial charge in [-0.15, -0.1) is 0 Å². The number of carbonyl (C=O) groups is 2. The van der Waals surface area contributed by atoms with Crippen LogP contribution in [0.3, 0.4) is 0 Å². The van der Waals surface area contributed by atoms with Gasteiger partial charge in [-0.3, -0.25) is 4.79 Å². The molecule has 1 amide bonds. The van der Waals surface area contributed by atoms with E-state index in [9.17, 15) is 9.59 Å². The predicted octanol–water partition coefficient (Wildman–Crippen LogP) is 1.49. The zero-order valence-corrected chi connectivity index (χ0v) is 11.5. The molecule has 20 heavy (non-hydrogen) atoms. The third-order valence-corrected chi connectivity index (χ3v) is 3.56. The molecule has 0 aromatic heterocycles. The van der Waals surface area contributed by atoms with Crippen LogP contribution >= 0.6 is 0 Å². The van der Waals surface area contributed by atoms with E-state index < -0.39 is 12.1 Å². The summed E-state index contributed by atoms with van der Waals surface area (Å²) in [7, 11) is 0. The molecule has 1 aromatic carbocycles. The van der Waals surface area contributed by atoms with Crippen molar-refractivity contribution in [2.24, 2.45) is 0 Å². The summed E-state index contributed by atoms with van der Waals surface area (Å²) in [6.45, 7) is 2.81. The molecule has 1 aliphatic rings. The van der Waals surface area contributed by atoms with Crippen molar-refractivity contribution < 1.29 is 19.4 Å². The molecule has 108 valence electrons. The summed E-state index contributed by atoms with van der Waals surface area (Å²) in [6, 6.07) is 9.59. The van der Waals surface area contributed by atoms with Crippen molar-refractivity contribution in [2.75, 3.05) is 19.7 Å². The van der Waals surface area contributed by atoms with Crippen LogP contribution in [-0.4, -0.2) is 47.7 Å². The first kappa shape index (κ1) is 14.5. The van der Waals surface area contributed by atoms with Gasteiger partial charge in [0.2, 0.25) is 5.91 Å². The number of nitrogens with zero attached hydrogens (tertiary/aromatic N) is 1. The summed E-state index contributed by atoms with van der Waals surface area (Å²) in [5, 5.41) is 8.99. The molecular weight excluding hydrogens is 258 g/mol. The number of benzene rings is 1. The zero-order chi connectivity index (χ0) is 14.5. The molecule has 2 rings (SSSR count). The maximum absolute atomic E-state index is 12.6. The molecule has 1 saturated heterocycles. The van der Waals surface area contributed by atoms with Crippen LogP contribution in [0.2, 0.25) is 0 Å². The highest BCUT2D eigenvalue weighted by atomic mass is 16.5. The van der Waals surface area contributed by atoms with E-state index in [1.54, 1.807) is 4.90 Å². The average molecular weight is 277 g/mol. The molecular formula is C15H19NO4. The zero-order valence-electron chi connectivity index (χ0n) is 11.5. The van der Waals surface area contributed by atoms with Crippen molar-refractivity contribution in [3.63, 3.8) is 0 Å². The van der Waals surface area contributed by atoms with Crippen LogP contribution in [0.1, 0.15) is 24.8 Å². The number of rotatable bonds is 4. The van der Waals surface area contributed by atoms with E-state index in [-0.39, 0.29) is 25.0 Å². The number of aliphatic carboxylic acids is 1. The SMILES string of the molecule is CCC(C(=O)N1CCOC(C(=O)O)C1)c1ccccc1. The smallest absolute Gasteiger partial charge is 0.334 e. The van der Waals surface area contributed by atoms with Crippen molar-refractivity contribution in [3.8, 4) is 0 Å². The summed E-state index contributed by atoms with van der Waals surface area (Å²) in [6.07, 6.45) is -0.223. The average Bonchev–Trinajstić information content (AvgIpc) is 2.49. The molecule has 2 atom stereocenters. The highest BCUT2D eigenvalue weighted by Crippen LogP contribution is 2.23. The molecule has 1 heterocycles. The summed E-state index contributed by atoms with van der Waals surface area (Å²) < 4.78 is 5.15. The minimum absolute atomic E-state index is 0.0201. The van der Waals surface area contributed by atoms with Gasteiger partial charge in [-0.25, -0.2) is 4.79 Å². The lowest BCUT2D eigenvalue weighted by atomic mass is 9.94. The van der Waals surface area contributed by atoms with Crippen molar-refractivity contribution in [2.45, 2.75) is 25.4 Å². The molecule has 5 nitrogen and oxygen atoms in total. The number of morpholine rings is 1. The van der Waals surface area contributed by atoms with Crippen LogP contribution < -0.4 is 0 Å². The molecule has 0 saturated carbocycles. The van der Waals surface area contributed by atoms with Gasteiger partial charge in [-0.05, 0) is 12.0 Å². The molecule has 1 aromatic rings. The van der Waals surface area contributed by atoms with Crippen LogP contribution in [0.4, 0.5) is 0 Å². The number of carboxylic acids is 1. The number of ether oxygens (including phenoxy) is 1. The van der Waals surface area contributed by atoms with Gasteiger partial charge >= 0.3 is 5.97 Å². The Bertz CT molecular complexity index is 474. The summed E-state index contributed by atoms with van der Waals surface area (Å²) in [5.41, 5.74) is 0.971. The molecule has 1 aliphatic heterocycles. The van der Waals surface area contributed by atoms with Gasteiger partial charge in [0.1, 0.15) is 0 Å². The van der Waals surface area contributed by atoms with E-state index in [0.717, 1.165) is 5.56 Å². The Labute approximate surface area is 118 Å². The number of amides is 1. The van der Waals surface area contributed by atoms with Crippen LogP contribution in [0.5, 0.6) is 0 Å². The van der Waals surface area contributed by atoms with Crippen LogP contribution in [-0.2, 0) is 14.3 Å². The topological polar surface area (TPSA) is 66.8 Å². The third kappa shape index (κ3) is 3.17. The second kappa shape index (κ2) is 6.52. The summed E-state index contributed by atoms with van der Waals surface area (Å²) in [4.78, 5) is 25.1. The maximum Gasteiger partial charge on any atom is 0.334 e. The highest BCUT2D eigenvalue weighted by molar-refractivity contribution is 5.84. The Morgan fingerprint density at radius 3 is 2.70 bits per heavy atom. The lowest BCUT2D eigenvalue weighted by molar-refractivity contribution is -0.159. The fourth-order valence-corrected chi connectivity index (χ4v) is 2.46. The van der Waals surface area contributed by atoms with Crippen molar-refractivity contribution in [1.29, 1.82) is 0 Å². The molecule has 0 bridgehead atoms. The Kier molecular flexibility index (Phi) is 4.74. The molecule has 1 fully saturated rings. The lowest BCUT2D eigenvalue weighted by Gasteiger charge is -2.33. The fourth-order valence-electron chi connectivity index (χ4n) is 2.46. The standard InChI is InChI=1S/C15H19NO4/c1-2-12(11-6-4-3-5-7-11)14(17)16-8-9-20-13(10-16)15(18)19/h3-7,12-13H,2,8-10H2,1H3,(H,18,19). The van der Waals surface area contributed by atoms with Crippen LogP contribution in [0.25, 0.3) is 0 Å². The first-order chi connectivity index (χ1) is 9.63. The maximum atomic E-state index is 12.6. The fraction of sp³-hybridized carbons (Fsp3) is 0.467. The van der Waals surface area contributed by atoms with Crippen molar-refractivity contribution in [1.82, 2.24) is 4.90 Å². The van der Waals surface area contributed by atoms with Crippen LogP contribution in [0, 0.1) is 0 Å². The second-order valence-corrected chi connectivity index (χ2v) is 4.85. The Hall–Kier alpha value is -1.88. The Morgan fingerprint density at radius 1 is 1.40 bits per heavy atom. The van der Waals surface area contributed by atoms with E-state index in [2.05, 4.69) is 0 Å². The molecule has 0 aliphatic carbocycles. The number of carboxylic acid groups (broad SMARTS) is 1. The molecule has 5 heteroatoms. The summed E-state index contributed by atoms with van der Waals surface area (Å²) in [5.74, 6) is -1.26. The lowest BCUT2D eigenvalue weighted by Crippen LogP contribution is -2.49. The molecule has 0 radical (unpaired) electrons. The largest absolute Gasteiger partial charge is 0.479 e. The molecule has 2 unspecified atom stereocenters. The minimum atomic E-state index is -1.02. The van der Waals surface area contributed by atoms with Crippen LogP contribution in [0.15, 0.2) is 30.3 Å². The second-order valence-electron chi connectivity index (χ2n) is 4.85. The number of hydrogen-bond donors (Lipinski definition) is 1. The highest BCUT2D eigenvalue weighted by Gasteiger charge is 2.32. The molecule has 0 spiro atoms. The van der Waals surface area contributed by atoms with Gasteiger partial charge < -0.3 is 14.7 Å². The van der Waals surface area contributed by atoms with E-state index in [1.807, 2.05) is 37.3 Å². The first-order valence-corrected chi connectivity index (χ1v) is 6.81. The monoisotopic (exact) mass is 277 g/mol. The Morgan fingerprint density at radius 2 is 2.10 bits per heavy atom. The van der Waals surface area contributed by atoms with Gasteiger partial charge in [0.25, 0.3) is 0 Å². The number of carbonyl (C=O) groups excluding carboxylic acids is 1. The predicted molar refractivity (Wildman–Crippen MR) is 73.4 cm³/mol. The minimum Gasteiger partial charge on any atom is -0.479 e. The van der Waals surface area contributed by atoms with Crippen molar-refractivity contribution in [3.05, 3.63) is 35.9 Å². The normalized spacial score (nSPS) is 20.4. The van der Waals surface area contributed by atoms with E-state index in [0.29, 0.717) is 13.0 Å². The van der Waals surface area contributed by atoms with E-state index in [1.165, 1.54) is 0 Å².